The van der Waals surface area contributed by atoms with Gasteiger partial charge in [-0.1, -0.05) is 13.3 Å². The Morgan fingerprint density at radius 2 is 2.50 bits per heavy atom. The van der Waals surface area contributed by atoms with Crippen molar-refractivity contribution in [3.05, 3.63) is 0 Å². The highest BCUT2D eigenvalue weighted by atomic mass is 32.7. The smallest absolute Gasteiger partial charge is 0.163 e. The van der Waals surface area contributed by atoms with E-state index >= 15 is 0 Å². The van der Waals surface area contributed by atoms with Crippen LogP contribution in [-0.2, 0) is 10.6 Å². The highest BCUT2D eigenvalue weighted by molar-refractivity contribution is 8.35. The maximum atomic E-state index is 10.8. The first-order valence-electron chi connectivity index (χ1n) is 3.07. The molecule has 0 aliphatic rings. The average molecular weight is 198 g/mol. The highest BCUT2D eigenvalue weighted by Gasteiger charge is 1.91. The maximum absolute atomic E-state index is 10.8. The molecule has 0 aliphatic heterocycles. The zero-order chi connectivity index (χ0) is 7.82. The van der Waals surface area contributed by atoms with Crippen molar-refractivity contribution in [2.75, 3.05) is 6.54 Å². The number of hydrogen-bond donors (Lipinski definition) is 1. The second-order valence-electron chi connectivity index (χ2n) is 1.69. The molecule has 3 nitrogen and oxygen atoms in total. The van der Waals surface area contributed by atoms with Gasteiger partial charge in [0.05, 0.1) is 0 Å². The Balaban J connectivity index is 3.22. The minimum atomic E-state index is -0.987. The molecule has 0 aromatic rings. The van der Waals surface area contributed by atoms with Crippen molar-refractivity contribution in [1.82, 2.24) is 4.72 Å². The van der Waals surface area contributed by atoms with E-state index < -0.39 is 10.6 Å². The molecular weight excluding hydrogens is 186 g/mol. The van der Waals surface area contributed by atoms with E-state index in [1.807, 2.05) is 0 Å². The summed E-state index contributed by atoms with van der Waals surface area (Å²) in [7, 11) is 1.78. The Morgan fingerprint density at radius 1 is 1.80 bits per heavy atom. The van der Waals surface area contributed by atoms with Gasteiger partial charge in [-0.2, -0.15) is 0 Å². The topological polar surface area (TPSA) is 41.5 Å². The molecular formula is C4H12N2OP2S. The molecule has 0 heterocycles. The maximum Gasteiger partial charge on any atom is 0.163 e. The predicted molar refractivity (Wildman–Crippen MR) is 50.1 cm³/mol. The monoisotopic (exact) mass is 198 g/mol. The molecule has 0 fully saturated rings. The van der Waals surface area contributed by atoms with Crippen molar-refractivity contribution < 1.29 is 4.21 Å². The van der Waals surface area contributed by atoms with E-state index in [2.05, 4.69) is 25.6 Å². The Morgan fingerprint density at radius 3 is 3.00 bits per heavy atom. The summed E-state index contributed by atoms with van der Waals surface area (Å²) in [6.07, 6.45) is 2.19. The van der Waals surface area contributed by atoms with E-state index in [-0.39, 0.29) is 0 Å². The fourth-order valence-electron chi connectivity index (χ4n) is 0.408. The van der Waals surface area contributed by atoms with Gasteiger partial charge in [-0.25, -0.2) is 13.4 Å². The molecule has 0 radical (unpaired) electrons. The van der Waals surface area contributed by atoms with E-state index in [0.717, 1.165) is 19.4 Å². The summed E-state index contributed by atoms with van der Waals surface area (Å²) in [5.74, 6) is 0. The predicted octanol–water partition coefficient (Wildman–Crippen LogP) is 1.87. The molecule has 0 bridgehead atoms. The highest BCUT2D eigenvalue weighted by Crippen LogP contribution is 2.07. The van der Waals surface area contributed by atoms with Crippen LogP contribution < -0.4 is 4.72 Å². The van der Waals surface area contributed by atoms with Crippen molar-refractivity contribution in [3.8, 4) is 0 Å². The van der Waals surface area contributed by atoms with Gasteiger partial charge in [0.1, 0.15) is 7.57 Å². The molecule has 2 atom stereocenters. The fraction of sp³-hybridized carbons (Fsp3) is 1.00. The first kappa shape index (κ1) is 10.6. The van der Waals surface area contributed by atoms with Crippen LogP contribution in [0.4, 0.5) is 0 Å². The normalized spacial score (nSPS) is 14.2. The molecule has 10 heavy (non-hydrogen) atoms. The third-order valence-electron chi connectivity index (χ3n) is 0.877. The van der Waals surface area contributed by atoms with Crippen LogP contribution in [0.3, 0.4) is 0 Å². The van der Waals surface area contributed by atoms with E-state index in [9.17, 15) is 4.21 Å². The molecule has 0 spiro atoms. The minimum absolute atomic E-state index is 0.590. The van der Waals surface area contributed by atoms with Gasteiger partial charge in [0.25, 0.3) is 0 Å². The van der Waals surface area contributed by atoms with Crippen LogP contribution in [0.25, 0.3) is 0 Å². The third-order valence-corrected chi connectivity index (χ3v) is 3.53. The first-order chi connectivity index (χ1) is 4.81. The van der Waals surface area contributed by atoms with Crippen LogP contribution in [-0.4, -0.2) is 10.8 Å². The third kappa shape index (κ3) is 6.76. The molecule has 0 rings (SSSR count). The van der Waals surface area contributed by atoms with Gasteiger partial charge in [-0.3, -0.25) is 0 Å². The summed E-state index contributed by atoms with van der Waals surface area (Å²) in [5.41, 5.74) is 0. The summed E-state index contributed by atoms with van der Waals surface area (Å²) < 4.78 is 17.3. The van der Waals surface area contributed by atoms with E-state index in [1.54, 1.807) is 0 Å². The second-order valence-corrected chi connectivity index (χ2v) is 5.05. The number of hydrogen-bond acceptors (Lipinski definition) is 2. The van der Waals surface area contributed by atoms with Crippen molar-refractivity contribution in [2.45, 2.75) is 19.8 Å². The molecule has 0 aromatic carbocycles. The zero-order valence-corrected chi connectivity index (χ0v) is 8.78. The molecule has 0 aromatic heterocycles. The standard InChI is InChI=1S/C4H12N2OP2S/c1-2-3-4-5-10(7)9-6-8/h5H,2-4,8H2,1H3. The Labute approximate surface area is 67.8 Å². The molecule has 60 valence electrons. The van der Waals surface area contributed by atoms with Crippen LogP contribution >= 0.6 is 17.0 Å². The van der Waals surface area contributed by atoms with Crippen molar-refractivity contribution in [3.63, 3.8) is 0 Å². The minimum Gasteiger partial charge on any atom is -0.237 e. The zero-order valence-electron chi connectivity index (χ0n) is 5.91. The molecule has 2 unspecified atom stereocenters. The molecule has 0 saturated heterocycles. The van der Waals surface area contributed by atoms with Crippen LogP contribution in [0.15, 0.2) is 4.52 Å². The van der Waals surface area contributed by atoms with Crippen LogP contribution in [0.1, 0.15) is 19.8 Å². The second kappa shape index (κ2) is 7.74. The summed E-state index contributed by atoms with van der Waals surface area (Å²) in [6, 6.07) is 0. The van der Waals surface area contributed by atoms with E-state index in [4.69, 9.17) is 0 Å². The molecule has 0 saturated carbocycles. The Hall–Kier alpha value is 0.640. The van der Waals surface area contributed by atoms with Crippen LogP contribution in [0.2, 0.25) is 0 Å². The van der Waals surface area contributed by atoms with Gasteiger partial charge < -0.3 is 0 Å². The summed E-state index contributed by atoms with van der Waals surface area (Å²) in [5, 5.41) is 0. The summed E-state index contributed by atoms with van der Waals surface area (Å²) >= 11 is 0. The van der Waals surface area contributed by atoms with Gasteiger partial charge in [0, 0.05) is 6.54 Å². The lowest BCUT2D eigenvalue weighted by Gasteiger charge is -1.95. The summed E-state index contributed by atoms with van der Waals surface area (Å²) in [4.78, 5) is 0. The lowest BCUT2D eigenvalue weighted by atomic mass is 10.3. The van der Waals surface area contributed by atoms with E-state index in [0.29, 0.717) is 7.57 Å². The number of unbranched alkanes of at least 4 members (excludes halogenated alkanes) is 1. The van der Waals surface area contributed by atoms with Crippen molar-refractivity contribution in [1.29, 1.82) is 0 Å². The first-order valence-corrected chi connectivity index (χ1v) is 6.19. The molecule has 1 N–H and O–H groups in total. The molecule has 0 amide bonds. The number of nitrogens with one attached hydrogen (secondary N) is 1. The Bertz CT molecular complexity index is 130. The quantitative estimate of drug-likeness (QED) is 0.531. The Kier molecular flexibility index (Phi) is 8.24. The lowest BCUT2D eigenvalue weighted by Crippen LogP contribution is -2.13. The van der Waals surface area contributed by atoms with Gasteiger partial charge in [-0.15, -0.1) is 0 Å². The largest absolute Gasteiger partial charge is 0.237 e. The van der Waals surface area contributed by atoms with Crippen molar-refractivity contribution in [2.24, 2.45) is 4.52 Å². The number of nitrogens with zero attached hydrogens (tertiary/aromatic N) is 1. The van der Waals surface area contributed by atoms with Gasteiger partial charge in [-0.05, 0) is 15.8 Å². The van der Waals surface area contributed by atoms with Gasteiger partial charge in [0.15, 0.2) is 10.6 Å². The molecule has 0 aliphatic carbocycles. The number of rotatable bonds is 5. The van der Waals surface area contributed by atoms with Gasteiger partial charge >= 0.3 is 0 Å². The van der Waals surface area contributed by atoms with Crippen LogP contribution in [0, 0.1) is 0 Å². The van der Waals surface area contributed by atoms with E-state index in [1.165, 1.54) is 0 Å². The SMILES string of the molecule is CCCCNS(=O)P=NP. The van der Waals surface area contributed by atoms with Gasteiger partial charge in [0.2, 0.25) is 0 Å². The fourth-order valence-corrected chi connectivity index (χ4v) is 2.34. The van der Waals surface area contributed by atoms with Crippen molar-refractivity contribution >= 4 is 27.6 Å². The molecule has 6 heteroatoms. The summed E-state index contributed by atoms with van der Waals surface area (Å²) in [6.45, 7) is 2.92. The lowest BCUT2D eigenvalue weighted by molar-refractivity contribution is 0.675. The average Bonchev–Trinajstić information content (AvgIpc) is 1.89. The van der Waals surface area contributed by atoms with Crippen LogP contribution in [0.5, 0.6) is 0 Å².